The first kappa shape index (κ1) is 23.5. The number of hydrogen-bond donors (Lipinski definition) is 2. The van der Waals surface area contributed by atoms with Gasteiger partial charge in [-0.3, -0.25) is 14.5 Å². The predicted molar refractivity (Wildman–Crippen MR) is 135 cm³/mol. The number of nitrogens with zero attached hydrogens (tertiary/aromatic N) is 2. The van der Waals surface area contributed by atoms with E-state index in [9.17, 15) is 14.0 Å². The second-order valence-electron chi connectivity index (χ2n) is 8.08. The maximum absolute atomic E-state index is 13.0. The third-order valence-corrected chi connectivity index (χ3v) is 6.51. The van der Waals surface area contributed by atoms with Gasteiger partial charge in [0.05, 0.1) is 27.8 Å². The van der Waals surface area contributed by atoms with E-state index in [1.165, 1.54) is 29.0 Å². The van der Waals surface area contributed by atoms with Crippen LogP contribution in [0.4, 0.5) is 15.8 Å². The molecule has 0 aliphatic heterocycles. The molecule has 1 heterocycles. The number of likely N-dealkylation sites (N-methyl/N-ethyl adjacent to an activating group) is 1. The van der Waals surface area contributed by atoms with E-state index in [0.29, 0.717) is 11.4 Å². The topological polar surface area (TPSA) is 74.3 Å². The lowest BCUT2D eigenvalue weighted by atomic mass is 10.1. The Morgan fingerprint density at radius 3 is 2.32 bits per heavy atom. The predicted octanol–water partition coefficient (Wildman–Crippen LogP) is 4.92. The molecule has 2 amide bonds. The first-order valence-electron chi connectivity index (χ1n) is 10.9. The average molecular weight is 477 g/mol. The van der Waals surface area contributed by atoms with Crippen molar-refractivity contribution in [3.8, 4) is 0 Å². The minimum absolute atomic E-state index is 0.0209. The number of carbonyl (C=O) groups is 2. The number of halogens is 1. The fourth-order valence-corrected chi connectivity index (χ4v) is 4.42. The van der Waals surface area contributed by atoms with Gasteiger partial charge in [-0.15, -0.1) is 11.3 Å². The number of thiazole rings is 1. The minimum atomic E-state index is -0.526. The van der Waals surface area contributed by atoms with Gasteiger partial charge in [0.15, 0.2) is 0 Å². The summed E-state index contributed by atoms with van der Waals surface area (Å²) in [5.74, 6) is -0.867. The van der Waals surface area contributed by atoms with Crippen LogP contribution in [-0.2, 0) is 16.0 Å². The molecular formula is C26H25FN4O2S. The number of nitrogens with one attached hydrogen (secondary N) is 2. The molecule has 0 radical (unpaired) electrons. The van der Waals surface area contributed by atoms with Crippen LogP contribution >= 0.6 is 11.3 Å². The van der Waals surface area contributed by atoms with Crippen LogP contribution in [0.1, 0.15) is 17.5 Å². The zero-order valence-electron chi connectivity index (χ0n) is 18.9. The van der Waals surface area contributed by atoms with Gasteiger partial charge < -0.3 is 10.6 Å². The van der Waals surface area contributed by atoms with Crippen molar-refractivity contribution >= 4 is 44.7 Å². The zero-order chi connectivity index (χ0) is 24.1. The minimum Gasteiger partial charge on any atom is -0.325 e. The van der Waals surface area contributed by atoms with E-state index in [1.54, 1.807) is 30.2 Å². The third-order valence-electron chi connectivity index (χ3n) is 5.48. The van der Waals surface area contributed by atoms with Crippen molar-refractivity contribution in [1.82, 2.24) is 9.88 Å². The van der Waals surface area contributed by atoms with E-state index >= 15 is 0 Å². The maximum atomic E-state index is 13.0. The Balaban J connectivity index is 1.28. The summed E-state index contributed by atoms with van der Waals surface area (Å²) in [5.41, 5.74) is 3.31. The van der Waals surface area contributed by atoms with Crippen LogP contribution in [0.3, 0.4) is 0 Å². The van der Waals surface area contributed by atoms with Gasteiger partial charge in [0, 0.05) is 17.8 Å². The van der Waals surface area contributed by atoms with E-state index in [2.05, 4.69) is 21.7 Å². The highest BCUT2D eigenvalue weighted by Gasteiger charge is 2.20. The molecule has 0 fully saturated rings. The molecule has 3 aromatic carbocycles. The molecule has 1 aromatic heterocycles. The number of para-hydroxylation sites is 1. The van der Waals surface area contributed by atoms with E-state index in [1.807, 2.05) is 42.5 Å². The van der Waals surface area contributed by atoms with E-state index in [0.717, 1.165) is 22.5 Å². The molecule has 0 saturated heterocycles. The van der Waals surface area contributed by atoms with Crippen LogP contribution in [-0.4, -0.2) is 41.3 Å². The number of aromatic nitrogens is 1. The molecule has 4 rings (SSSR count). The molecule has 174 valence electrons. The van der Waals surface area contributed by atoms with E-state index in [-0.39, 0.29) is 24.2 Å². The molecule has 2 N–H and O–H groups in total. The molecular weight excluding hydrogens is 451 g/mol. The summed E-state index contributed by atoms with van der Waals surface area (Å²) in [6, 6.07) is 20.8. The van der Waals surface area contributed by atoms with Gasteiger partial charge in [-0.2, -0.15) is 0 Å². The summed E-state index contributed by atoms with van der Waals surface area (Å²) in [4.78, 5) is 31.2. The highest BCUT2D eigenvalue weighted by atomic mass is 32.1. The summed E-state index contributed by atoms with van der Waals surface area (Å²) in [6.07, 6.45) is 0.732. The highest BCUT2D eigenvalue weighted by molar-refractivity contribution is 7.18. The number of fused-ring (bicyclic) bond motifs is 1. The van der Waals surface area contributed by atoms with Crippen LogP contribution in [0.5, 0.6) is 0 Å². The van der Waals surface area contributed by atoms with Gasteiger partial charge in [0.1, 0.15) is 5.82 Å². The number of hydrogen-bond acceptors (Lipinski definition) is 5. The number of anilines is 2. The summed E-state index contributed by atoms with van der Waals surface area (Å²) in [7, 11) is 1.70. The number of benzene rings is 3. The second kappa shape index (κ2) is 10.5. The average Bonchev–Trinajstić information content (AvgIpc) is 3.23. The molecule has 6 nitrogen and oxygen atoms in total. The van der Waals surface area contributed by atoms with Crippen molar-refractivity contribution in [3.63, 3.8) is 0 Å². The Bertz CT molecular complexity index is 1260. The van der Waals surface area contributed by atoms with Crippen molar-refractivity contribution in [2.24, 2.45) is 0 Å². The fraction of sp³-hybridized carbons (Fsp3) is 0.192. The van der Waals surface area contributed by atoms with Crippen molar-refractivity contribution in [3.05, 3.63) is 89.2 Å². The van der Waals surface area contributed by atoms with Gasteiger partial charge in [0.2, 0.25) is 11.8 Å². The molecule has 0 spiro atoms. The van der Waals surface area contributed by atoms with Crippen LogP contribution in [0.15, 0.2) is 72.8 Å². The van der Waals surface area contributed by atoms with Crippen molar-refractivity contribution in [2.45, 2.75) is 19.4 Å². The van der Waals surface area contributed by atoms with Crippen molar-refractivity contribution < 1.29 is 14.0 Å². The Hall–Kier alpha value is -3.62. The Morgan fingerprint density at radius 2 is 1.62 bits per heavy atom. The number of amides is 2. The molecule has 0 saturated carbocycles. The Labute approximate surface area is 201 Å². The monoisotopic (exact) mass is 476 g/mol. The standard InChI is InChI=1S/C26H25FN4O2S/c1-17(31(2)16-24(32)28-20-13-9-19(27)10-14-20)26(33)29-21-11-7-18(8-12-21)15-25-30-22-5-3-4-6-23(22)34-25/h3-14,17H,15-16H2,1-2H3,(H,28,32)(H,29,33)/t17-/m0/s1. The third kappa shape index (κ3) is 6.03. The first-order valence-corrected chi connectivity index (χ1v) is 11.7. The summed E-state index contributed by atoms with van der Waals surface area (Å²) in [6.45, 7) is 1.76. The van der Waals surface area contributed by atoms with E-state index in [4.69, 9.17) is 0 Å². The van der Waals surface area contributed by atoms with Crippen molar-refractivity contribution in [2.75, 3.05) is 24.2 Å². The SMILES string of the molecule is C[C@@H](C(=O)Nc1ccc(Cc2nc3ccccc3s2)cc1)N(C)CC(=O)Nc1ccc(F)cc1. The first-order chi connectivity index (χ1) is 16.4. The molecule has 34 heavy (non-hydrogen) atoms. The molecule has 0 bridgehead atoms. The summed E-state index contributed by atoms with van der Waals surface area (Å²) >= 11 is 1.68. The smallest absolute Gasteiger partial charge is 0.241 e. The fourth-order valence-electron chi connectivity index (χ4n) is 3.42. The van der Waals surface area contributed by atoms with Gasteiger partial charge in [0.25, 0.3) is 0 Å². The molecule has 4 aromatic rings. The molecule has 0 unspecified atom stereocenters. The molecule has 0 aliphatic rings. The van der Waals surface area contributed by atoms with E-state index < -0.39 is 6.04 Å². The molecule has 0 aliphatic carbocycles. The second-order valence-corrected chi connectivity index (χ2v) is 9.20. The van der Waals surface area contributed by atoms with Crippen LogP contribution in [0.2, 0.25) is 0 Å². The van der Waals surface area contributed by atoms with Crippen LogP contribution in [0, 0.1) is 5.82 Å². The Kier molecular flexibility index (Phi) is 7.30. The normalized spacial score (nSPS) is 12.0. The quantitative estimate of drug-likeness (QED) is 0.378. The van der Waals surface area contributed by atoms with Crippen molar-refractivity contribution in [1.29, 1.82) is 0 Å². The lowest BCUT2D eigenvalue weighted by Gasteiger charge is -2.23. The van der Waals surface area contributed by atoms with Gasteiger partial charge in [-0.1, -0.05) is 24.3 Å². The number of rotatable bonds is 8. The zero-order valence-corrected chi connectivity index (χ0v) is 19.7. The largest absolute Gasteiger partial charge is 0.325 e. The highest BCUT2D eigenvalue weighted by Crippen LogP contribution is 2.24. The molecule has 1 atom stereocenters. The van der Waals surface area contributed by atoms with Crippen LogP contribution in [0.25, 0.3) is 10.2 Å². The summed E-state index contributed by atoms with van der Waals surface area (Å²) in [5, 5.41) is 6.64. The summed E-state index contributed by atoms with van der Waals surface area (Å²) < 4.78 is 14.2. The maximum Gasteiger partial charge on any atom is 0.241 e. The van der Waals surface area contributed by atoms with Gasteiger partial charge in [-0.05, 0) is 68.1 Å². The lowest BCUT2D eigenvalue weighted by Crippen LogP contribution is -2.43. The number of carbonyl (C=O) groups excluding carboxylic acids is 2. The van der Waals surface area contributed by atoms with Gasteiger partial charge in [-0.25, -0.2) is 9.37 Å². The molecule has 8 heteroatoms. The van der Waals surface area contributed by atoms with Gasteiger partial charge >= 0.3 is 0 Å². The van der Waals surface area contributed by atoms with Crippen LogP contribution < -0.4 is 10.6 Å². The Morgan fingerprint density at radius 1 is 0.971 bits per heavy atom. The lowest BCUT2D eigenvalue weighted by molar-refractivity contribution is -0.122.